The van der Waals surface area contributed by atoms with Gasteiger partial charge >= 0.3 is 0 Å². The Balaban J connectivity index is 1.36. The predicted octanol–water partition coefficient (Wildman–Crippen LogP) is 4.84. The zero-order chi connectivity index (χ0) is 21.4. The Bertz CT molecular complexity index is 1230. The van der Waals surface area contributed by atoms with Gasteiger partial charge < -0.3 is 14.5 Å². The number of amides is 1. The lowest BCUT2D eigenvalue weighted by Crippen LogP contribution is -2.13. The van der Waals surface area contributed by atoms with Crippen molar-refractivity contribution in [1.29, 1.82) is 0 Å². The number of pyridine rings is 1. The molecule has 0 radical (unpaired) electrons. The lowest BCUT2D eigenvalue weighted by atomic mass is 10.2. The van der Waals surface area contributed by atoms with Crippen LogP contribution in [0.15, 0.2) is 67.4 Å². The van der Waals surface area contributed by atoms with E-state index in [9.17, 15) is 4.79 Å². The number of carbonyl (C=O) groups is 1. The maximum absolute atomic E-state index is 12.9. The second-order valence-corrected chi connectivity index (χ2v) is 8.14. The van der Waals surface area contributed by atoms with E-state index in [0.29, 0.717) is 17.3 Å². The number of nitrogens with zero attached hydrogens (tertiary/aromatic N) is 5. The van der Waals surface area contributed by atoms with Crippen LogP contribution >= 0.6 is 0 Å². The van der Waals surface area contributed by atoms with Crippen LogP contribution in [0, 0.1) is 0 Å². The molecule has 0 aliphatic heterocycles. The minimum absolute atomic E-state index is 0.207. The summed E-state index contributed by atoms with van der Waals surface area (Å²) in [6, 6.07) is 13.3. The van der Waals surface area contributed by atoms with Gasteiger partial charge in [0.2, 0.25) is 0 Å². The van der Waals surface area contributed by atoms with Gasteiger partial charge in [-0.1, -0.05) is 12.1 Å². The van der Waals surface area contributed by atoms with Crippen LogP contribution in [-0.2, 0) is 0 Å². The van der Waals surface area contributed by atoms with E-state index in [4.69, 9.17) is 0 Å². The molecular formula is C24H24N6O. The maximum Gasteiger partial charge on any atom is 0.256 e. The summed E-state index contributed by atoms with van der Waals surface area (Å²) in [6.07, 6.45) is 9.98. The standard InChI is InChI=1S/C24H24N6O/c1-16(2)30-12-11-25-23(30)20-7-4-8-22(27-20)28-24(31)18-5-3-6-19(13-18)29-14-21(26-15-29)17-9-10-17/h3-8,11-17H,9-10H2,1-2H3,(H,27,28,31). The SMILES string of the molecule is CC(C)n1ccnc1-c1cccc(NC(=O)c2cccc(-n3cnc(C4CC4)c3)c2)n1. The van der Waals surface area contributed by atoms with Crippen LogP contribution in [0.3, 0.4) is 0 Å². The molecule has 1 aliphatic carbocycles. The molecule has 31 heavy (non-hydrogen) atoms. The molecule has 1 amide bonds. The van der Waals surface area contributed by atoms with Crippen molar-refractivity contribution in [3.05, 3.63) is 78.6 Å². The lowest BCUT2D eigenvalue weighted by molar-refractivity contribution is 0.102. The number of anilines is 1. The van der Waals surface area contributed by atoms with Crippen molar-refractivity contribution in [2.24, 2.45) is 0 Å². The average Bonchev–Trinajstić information content (AvgIpc) is 3.30. The Morgan fingerprint density at radius 1 is 1.13 bits per heavy atom. The van der Waals surface area contributed by atoms with Crippen LogP contribution in [0.1, 0.15) is 54.7 Å². The third-order valence-electron chi connectivity index (χ3n) is 5.45. The highest BCUT2D eigenvalue weighted by Gasteiger charge is 2.25. The van der Waals surface area contributed by atoms with Crippen molar-refractivity contribution in [2.45, 2.75) is 38.6 Å². The normalized spacial score (nSPS) is 13.5. The summed E-state index contributed by atoms with van der Waals surface area (Å²) >= 11 is 0. The number of carbonyl (C=O) groups excluding carboxylic acids is 1. The molecule has 0 spiro atoms. The predicted molar refractivity (Wildman–Crippen MR) is 119 cm³/mol. The summed E-state index contributed by atoms with van der Waals surface area (Å²) in [5, 5.41) is 2.91. The zero-order valence-electron chi connectivity index (χ0n) is 17.6. The first-order valence-corrected chi connectivity index (χ1v) is 10.5. The second kappa shape index (κ2) is 7.83. The van der Waals surface area contributed by atoms with Crippen molar-refractivity contribution in [1.82, 2.24) is 24.1 Å². The van der Waals surface area contributed by atoms with E-state index in [1.807, 2.05) is 47.4 Å². The van der Waals surface area contributed by atoms with Crippen LogP contribution in [0.25, 0.3) is 17.2 Å². The fraction of sp³-hybridized carbons (Fsp3) is 0.250. The summed E-state index contributed by atoms with van der Waals surface area (Å²) in [5.74, 6) is 1.66. The quantitative estimate of drug-likeness (QED) is 0.491. The molecule has 4 aromatic rings. The summed E-state index contributed by atoms with van der Waals surface area (Å²) in [7, 11) is 0. The molecule has 1 fully saturated rings. The number of benzene rings is 1. The van der Waals surface area contributed by atoms with E-state index in [-0.39, 0.29) is 11.9 Å². The number of hydrogen-bond acceptors (Lipinski definition) is 4. The van der Waals surface area contributed by atoms with Crippen molar-refractivity contribution < 1.29 is 4.79 Å². The van der Waals surface area contributed by atoms with Gasteiger partial charge in [0.1, 0.15) is 11.5 Å². The van der Waals surface area contributed by atoms with Crippen LogP contribution < -0.4 is 5.32 Å². The Hall–Kier alpha value is -3.74. The number of nitrogens with one attached hydrogen (secondary N) is 1. The summed E-state index contributed by atoms with van der Waals surface area (Å²) < 4.78 is 4.02. The highest BCUT2D eigenvalue weighted by atomic mass is 16.1. The van der Waals surface area contributed by atoms with Crippen molar-refractivity contribution in [3.8, 4) is 17.2 Å². The highest BCUT2D eigenvalue weighted by molar-refractivity contribution is 6.04. The topological polar surface area (TPSA) is 77.6 Å². The third-order valence-corrected chi connectivity index (χ3v) is 5.45. The number of hydrogen-bond donors (Lipinski definition) is 1. The van der Waals surface area contributed by atoms with Gasteiger partial charge in [-0.2, -0.15) is 0 Å². The summed E-state index contributed by atoms with van der Waals surface area (Å²) in [4.78, 5) is 26.4. The lowest BCUT2D eigenvalue weighted by Gasteiger charge is -2.12. The van der Waals surface area contributed by atoms with Gasteiger partial charge in [-0.25, -0.2) is 15.0 Å². The molecule has 1 N–H and O–H groups in total. The molecule has 3 aromatic heterocycles. The molecule has 0 atom stereocenters. The summed E-state index contributed by atoms with van der Waals surface area (Å²) in [6.45, 7) is 4.19. The van der Waals surface area contributed by atoms with Crippen LogP contribution in [-0.4, -0.2) is 30.0 Å². The molecule has 0 bridgehead atoms. The molecule has 0 unspecified atom stereocenters. The van der Waals surface area contributed by atoms with E-state index in [1.165, 1.54) is 12.8 Å². The number of aromatic nitrogens is 5. The molecule has 3 heterocycles. The largest absolute Gasteiger partial charge is 0.327 e. The van der Waals surface area contributed by atoms with E-state index >= 15 is 0 Å². The van der Waals surface area contributed by atoms with Crippen LogP contribution in [0.5, 0.6) is 0 Å². The molecule has 0 saturated heterocycles. The van der Waals surface area contributed by atoms with Crippen LogP contribution in [0.4, 0.5) is 5.82 Å². The van der Waals surface area contributed by atoms with Crippen molar-refractivity contribution in [3.63, 3.8) is 0 Å². The van der Waals surface area contributed by atoms with Crippen LogP contribution in [0.2, 0.25) is 0 Å². The van der Waals surface area contributed by atoms with Gasteiger partial charge in [0.25, 0.3) is 5.91 Å². The molecule has 1 saturated carbocycles. The minimum atomic E-state index is -0.207. The van der Waals surface area contributed by atoms with E-state index in [2.05, 4.69) is 44.9 Å². The first kappa shape index (κ1) is 19.2. The second-order valence-electron chi connectivity index (χ2n) is 8.14. The molecule has 5 rings (SSSR count). The molecule has 156 valence electrons. The number of rotatable bonds is 6. The van der Waals surface area contributed by atoms with E-state index in [1.54, 1.807) is 18.3 Å². The minimum Gasteiger partial charge on any atom is -0.327 e. The molecule has 7 heteroatoms. The fourth-order valence-corrected chi connectivity index (χ4v) is 3.62. The van der Waals surface area contributed by atoms with Gasteiger partial charge in [0, 0.05) is 41.8 Å². The smallest absolute Gasteiger partial charge is 0.256 e. The van der Waals surface area contributed by atoms with Gasteiger partial charge in [0.05, 0.1) is 12.0 Å². The van der Waals surface area contributed by atoms with Gasteiger partial charge in [0.15, 0.2) is 5.82 Å². The molecular weight excluding hydrogens is 388 g/mol. The molecule has 1 aliphatic rings. The van der Waals surface area contributed by atoms with Crippen molar-refractivity contribution in [2.75, 3.05) is 5.32 Å². The maximum atomic E-state index is 12.9. The summed E-state index contributed by atoms with van der Waals surface area (Å²) in [5.41, 5.74) is 3.31. The highest BCUT2D eigenvalue weighted by Crippen LogP contribution is 2.39. The number of imidazole rings is 2. The molecule has 7 nitrogen and oxygen atoms in total. The molecule has 1 aromatic carbocycles. The Labute approximate surface area is 180 Å². The van der Waals surface area contributed by atoms with Gasteiger partial charge in [-0.3, -0.25) is 4.79 Å². The Morgan fingerprint density at radius 3 is 2.77 bits per heavy atom. The monoisotopic (exact) mass is 412 g/mol. The van der Waals surface area contributed by atoms with E-state index in [0.717, 1.165) is 22.9 Å². The van der Waals surface area contributed by atoms with Gasteiger partial charge in [-0.05, 0) is 57.0 Å². The fourth-order valence-electron chi connectivity index (χ4n) is 3.62. The zero-order valence-corrected chi connectivity index (χ0v) is 17.6. The first-order valence-electron chi connectivity index (χ1n) is 10.5. The Morgan fingerprint density at radius 2 is 1.97 bits per heavy atom. The van der Waals surface area contributed by atoms with Gasteiger partial charge in [-0.15, -0.1) is 0 Å². The third kappa shape index (κ3) is 3.99. The average molecular weight is 412 g/mol. The van der Waals surface area contributed by atoms with Crippen molar-refractivity contribution >= 4 is 11.7 Å². The Kier molecular flexibility index (Phi) is 4.86. The first-order chi connectivity index (χ1) is 15.1. The van der Waals surface area contributed by atoms with E-state index < -0.39 is 0 Å².